The lowest BCUT2D eigenvalue weighted by Crippen LogP contribution is -2.23. The molecule has 4 aromatic rings. The number of thiazole rings is 1. The van der Waals surface area contributed by atoms with Crippen LogP contribution in [0, 0.1) is 11.6 Å². The molecular formula is C25H18F2N2O4S. The molecule has 1 amide bonds. The molecular weight excluding hydrogens is 462 g/mol. The number of carbonyl (C=O) groups is 1. The van der Waals surface area contributed by atoms with Crippen molar-refractivity contribution in [3.05, 3.63) is 94.5 Å². The molecule has 1 aromatic heterocycles. The molecule has 0 bridgehead atoms. The topological polar surface area (TPSA) is 69.7 Å². The molecule has 0 spiro atoms. The summed E-state index contributed by atoms with van der Waals surface area (Å²) in [6.45, 7) is 0.444. The summed E-state index contributed by atoms with van der Waals surface area (Å²) in [5, 5.41) is 5.23. The van der Waals surface area contributed by atoms with Crippen molar-refractivity contribution in [1.82, 2.24) is 10.3 Å². The number of halogens is 2. The monoisotopic (exact) mass is 480 g/mol. The number of nitrogens with one attached hydrogen (secondary N) is 1. The van der Waals surface area contributed by atoms with E-state index in [9.17, 15) is 13.6 Å². The summed E-state index contributed by atoms with van der Waals surface area (Å²) in [5.74, 6) is 0.538. The first-order chi connectivity index (χ1) is 16.5. The van der Waals surface area contributed by atoms with Crippen LogP contribution in [0.4, 0.5) is 8.78 Å². The van der Waals surface area contributed by atoms with Crippen LogP contribution in [-0.4, -0.2) is 17.7 Å². The van der Waals surface area contributed by atoms with Gasteiger partial charge in [0, 0.05) is 23.1 Å². The SMILES string of the molecule is O=C(NCc1ccc2c(c1)OCO2)c1csc(-c2ccc(OCc3cc(F)ccc3F)cc2)n1. The van der Waals surface area contributed by atoms with Crippen LogP contribution < -0.4 is 19.5 Å². The molecule has 9 heteroatoms. The molecule has 1 aliphatic heterocycles. The van der Waals surface area contributed by atoms with Crippen LogP contribution in [0.5, 0.6) is 17.2 Å². The number of carbonyl (C=O) groups excluding carboxylic acids is 1. The van der Waals surface area contributed by atoms with Crippen LogP contribution in [-0.2, 0) is 13.2 Å². The number of hydrogen-bond donors (Lipinski definition) is 1. The van der Waals surface area contributed by atoms with Crippen molar-refractivity contribution in [3.8, 4) is 27.8 Å². The molecule has 0 saturated heterocycles. The molecule has 5 rings (SSSR count). The van der Waals surface area contributed by atoms with Crippen LogP contribution in [0.2, 0.25) is 0 Å². The smallest absolute Gasteiger partial charge is 0.271 e. The van der Waals surface area contributed by atoms with Gasteiger partial charge < -0.3 is 19.5 Å². The van der Waals surface area contributed by atoms with Crippen molar-refractivity contribution >= 4 is 17.2 Å². The van der Waals surface area contributed by atoms with E-state index in [1.54, 1.807) is 29.6 Å². The number of fused-ring (bicyclic) bond motifs is 1. The molecule has 0 fully saturated rings. The second-order valence-corrected chi connectivity index (χ2v) is 8.32. The predicted molar refractivity (Wildman–Crippen MR) is 122 cm³/mol. The number of nitrogens with zero attached hydrogens (tertiary/aromatic N) is 1. The largest absolute Gasteiger partial charge is 0.489 e. The second kappa shape index (κ2) is 9.48. The minimum absolute atomic E-state index is 0.0894. The van der Waals surface area contributed by atoms with Gasteiger partial charge in [-0.2, -0.15) is 0 Å². The number of rotatable bonds is 7. The zero-order valence-electron chi connectivity index (χ0n) is 17.7. The van der Waals surface area contributed by atoms with Crippen LogP contribution in [0.3, 0.4) is 0 Å². The van der Waals surface area contributed by atoms with Crippen molar-refractivity contribution in [1.29, 1.82) is 0 Å². The van der Waals surface area contributed by atoms with Gasteiger partial charge >= 0.3 is 0 Å². The zero-order chi connectivity index (χ0) is 23.5. The Morgan fingerprint density at radius 2 is 1.85 bits per heavy atom. The maximum atomic E-state index is 13.7. The normalized spacial score (nSPS) is 11.9. The average Bonchev–Trinajstić information content (AvgIpc) is 3.53. The molecule has 172 valence electrons. The summed E-state index contributed by atoms with van der Waals surface area (Å²) in [6.07, 6.45) is 0. The highest BCUT2D eigenvalue weighted by molar-refractivity contribution is 7.13. The third-order valence-corrected chi connectivity index (χ3v) is 6.02. The zero-order valence-corrected chi connectivity index (χ0v) is 18.5. The fourth-order valence-electron chi connectivity index (χ4n) is 3.34. The highest BCUT2D eigenvalue weighted by Gasteiger charge is 2.15. The van der Waals surface area contributed by atoms with Crippen molar-refractivity contribution < 1.29 is 27.8 Å². The van der Waals surface area contributed by atoms with E-state index >= 15 is 0 Å². The fourth-order valence-corrected chi connectivity index (χ4v) is 4.15. The average molecular weight is 480 g/mol. The Kier molecular flexibility index (Phi) is 6.09. The first kappa shape index (κ1) is 21.8. The van der Waals surface area contributed by atoms with Gasteiger partial charge in [0.15, 0.2) is 11.5 Å². The van der Waals surface area contributed by atoms with Crippen molar-refractivity contribution in [3.63, 3.8) is 0 Å². The van der Waals surface area contributed by atoms with Crippen LogP contribution >= 0.6 is 11.3 Å². The molecule has 6 nitrogen and oxygen atoms in total. The van der Waals surface area contributed by atoms with Gasteiger partial charge in [-0.05, 0) is 60.2 Å². The third-order valence-electron chi connectivity index (χ3n) is 5.13. The fraction of sp³-hybridized carbons (Fsp3) is 0.120. The molecule has 3 aromatic carbocycles. The van der Waals surface area contributed by atoms with Gasteiger partial charge in [0.05, 0.1) is 0 Å². The molecule has 0 radical (unpaired) electrons. The van der Waals surface area contributed by atoms with Crippen LogP contribution in [0.25, 0.3) is 10.6 Å². The maximum Gasteiger partial charge on any atom is 0.271 e. The Labute approximate surface area is 197 Å². The molecule has 0 saturated carbocycles. The summed E-state index contributed by atoms with van der Waals surface area (Å²) in [7, 11) is 0. The lowest BCUT2D eigenvalue weighted by Gasteiger charge is -2.08. The third kappa shape index (κ3) is 4.84. The molecule has 1 aliphatic rings. The van der Waals surface area contributed by atoms with Gasteiger partial charge in [0.25, 0.3) is 5.91 Å². The van der Waals surface area contributed by atoms with E-state index in [1.165, 1.54) is 11.3 Å². The van der Waals surface area contributed by atoms with Crippen molar-refractivity contribution in [2.75, 3.05) is 6.79 Å². The number of aromatic nitrogens is 1. The van der Waals surface area contributed by atoms with E-state index in [4.69, 9.17) is 14.2 Å². The van der Waals surface area contributed by atoms with Crippen molar-refractivity contribution in [2.24, 2.45) is 0 Å². The summed E-state index contributed by atoms with van der Waals surface area (Å²) < 4.78 is 43.2. The van der Waals surface area contributed by atoms with E-state index in [0.29, 0.717) is 34.5 Å². The van der Waals surface area contributed by atoms with Gasteiger partial charge in [0.2, 0.25) is 6.79 Å². The Morgan fingerprint density at radius 3 is 2.71 bits per heavy atom. The Morgan fingerprint density at radius 1 is 1.03 bits per heavy atom. The predicted octanol–water partition coefficient (Wildman–Crippen LogP) is 5.33. The standard InChI is InChI=1S/C25H18F2N2O4S/c26-18-4-7-20(27)17(10-18)12-31-19-5-2-16(3-6-19)25-29-21(13-34-25)24(30)28-11-15-1-8-22-23(9-15)33-14-32-22/h1-10,13H,11-12,14H2,(H,28,30). The molecule has 0 unspecified atom stereocenters. The highest BCUT2D eigenvalue weighted by atomic mass is 32.1. The van der Waals surface area contributed by atoms with Gasteiger partial charge in [-0.25, -0.2) is 13.8 Å². The van der Waals surface area contributed by atoms with Crippen LogP contribution in [0.15, 0.2) is 66.0 Å². The molecule has 0 atom stereocenters. The van der Waals surface area contributed by atoms with E-state index in [0.717, 1.165) is 29.3 Å². The Hall–Kier alpha value is -3.98. The quantitative estimate of drug-likeness (QED) is 0.387. The maximum absolute atomic E-state index is 13.7. The molecule has 2 heterocycles. The number of ether oxygens (including phenoxy) is 3. The number of benzene rings is 3. The van der Waals surface area contributed by atoms with Gasteiger partial charge in [-0.1, -0.05) is 6.07 Å². The first-order valence-corrected chi connectivity index (χ1v) is 11.2. The minimum atomic E-state index is -0.523. The van der Waals surface area contributed by atoms with Crippen molar-refractivity contribution in [2.45, 2.75) is 13.2 Å². The van der Waals surface area contributed by atoms with Gasteiger partial charge in [-0.15, -0.1) is 11.3 Å². The van der Waals surface area contributed by atoms with Gasteiger partial charge in [0.1, 0.15) is 34.7 Å². The minimum Gasteiger partial charge on any atom is -0.489 e. The molecule has 34 heavy (non-hydrogen) atoms. The summed E-state index contributed by atoms with van der Waals surface area (Å²) in [4.78, 5) is 16.9. The van der Waals surface area contributed by atoms with E-state index < -0.39 is 11.6 Å². The van der Waals surface area contributed by atoms with E-state index in [1.807, 2.05) is 18.2 Å². The number of hydrogen-bond acceptors (Lipinski definition) is 6. The second-order valence-electron chi connectivity index (χ2n) is 7.46. The lowest BCUT2D eigenvalue weighted by molar-refractivity contribution is 0.0946. The summed E-state index contributed by atoms with van der Waals surface area (Å²) in [6, 6.07) is 15.8. The van der Waals surface area contributed by atoms with E-state index in [-0.39, 0.29) is 24.9 Å². The Balaban J connectivity index is 1.18. The summed E-state index contributed by atoms with van der Waals surface area (Å²) in [5.41, 5.74) is 2.16. The van der Waals surface area contributed by atoms with E-state index in [2.05, 4.69) is 10.3 Å². The molecule has 0 aliphatic carbocycles. The summed E-state index contributed by atoms with van der Waals surface area (Å²) >= 11 is 1.35. The van der Waals surface area contributed by atoms with Crippen LogP contribution in [0.1, 0.15) is 21.6 Å². The number of amides is 1. The van der Waals surface area contributed by atoms with Gasteiger partial charge in [-0.3, -0.25) is 4.79 Å². The molecule has 1 N–H and O–H groups in total. The lowest BCUT2D eigenvalue weighted by atomic mass is 10.2. The highest BCUT2D eigenvalue weighted by Crippen LogP contribution is 2.32. The Bertz CT molecular complexity index is 1340. The first-order valence-electron chi connectivity index (χ1n) is 10.3.